The van der Waals surface area contributed by atoms with Crippen molar-refractivity contribution in [3.63, 3.8) is 0 Å². The molecule has 1 aromatic rings. The van der Waals surface area contributed by atoms with Crippen LogP contribution in [0.5, 0.6) is 0 Å². The van der Waals surface area contributed by atoms with E-state index in [0.29, 0.717) is 19.6 Å². The van der Waals surface area contributed by atoms with Gasteiger partial charge in [-0.2, -0.15) is 0 Å². The molecular formula is C14H20N4O2. The van der Waals surface area contributed by atoms with E-state index in [1.807, 2.05) is 13.0 Å². The van der Waals surface area contributed by atoms with E-state index in [1.165, 1.54) is 0 Å². The highest BCUT2D eigenvalue weighted by atomic mass is 16.3. The summed E-state index contributed by atoms with van der Waals surface area (Å²) in [6.07, 6.45) is 0.533. The molecule has 2 fully saturated rings. The van der Waals surface area contributed by atoms with Crippen LogP contribution in [-0.2, 0) is 4.79 Å². The number of carbonyl (C=O) groups is 1. The molecule has 0 spiro atoms. The van der Waals surface area contributed by atoms with Crippen LogP contribution >= 0.6 is 0 Å². The molecule has 6 nitrogen and oxygen atoms in total. The maximum Gasteiger partial charge on any atom is 0.219 e. The minimum absolute atomic E-state index is 0.108. The number of hydrogen-bond acceptors (Lipinski definition) is 5. The number of aliphatic hydroxyl groups excluding tert-OH is 1. The van der Waals surface area contributed by atoms with E-state index < -0.39 is 0 Å². The zero-order chi connectivity index (χ0) is 14.3. The van der Waals surface area contributed by atoms with Crippen molar-refractivity contribution >= 4 is 11.7 Å². The van der Waals surface area contributed by atoms with Crippen molar-refractivity contribution < 1.29 is 9.90 Å². The molecule has 3 rings (SSSR count). The standard InChI is InChI=1S/C14H20N4O2/c1-9-5-13(17-4-3-12(20)8-17)16-14(15-9)11-6-18(7-11)10(2)19/h5,11-12,20H,3-4,6-8H2,1-2H3/t12-/m0/s1. The van der Waals surface area contributed by atoms with Crippen LogP contribution in [0.3, 0.4) is 0 Å². The first-order chi connectivity index (χ1) is 9.52. The first-order valence-corrected chi connectivity index (χ1v) is 7.07. The Morgan fingerprint density at radius 3 is 2.70 bits per heavy atom. The Balaban J connectivity index is 1.76. The van der Waals surface area contributed by atoms with E-state index in [2.05, 4.69) is 14.9 Å². The van der Waals surface area contributed by atoms with Crippen LogP contribution in [0.15, 0.2) is 6.07 Å². The molecule has 2 aliphatic rings. The number of rotatable bonds is 2. The molecule has 0 unspecified atom stereocenters. The Morgan fingerprint density at radius 2 is 2.10 bits per heavy atom. The Hall–Kier alpha value is -1.69. The van der Waals surface area contributed by atoms with Gasteiger partial charge in [0.1, 0.15) is 11.6 Å². The SMILES string of the molecule is CC(=O)N1CC(c2nc(C)cc(N3CC[C@H](O)C3)n2)C1. The number of aromatic nitrogens is 2. The second-order valence-corrected chi connectivity index (χ2v) is 5.74. The number of carbonyl (C=O) groups excluding carboxylic acids is 1. The molecule has 0 saturated carbocycles. The molecule has 2 saturated heterocycles. The summed E-state index contributed by atoms with van der Waals surface area (Å²) in [5.74, 6) is 2.06. The molecule has 3 heterocycles. The van der Waals surface area contributed by atoms with Crippen LogP contribution in [0.4, 0.5) is 5.82 Å². The molecule has 0 radical (unpaired) electrons. The van der Waals surface area contributed by atoms with Crippen LogP contribution in [-0.4, -0.2) is 58.2 Å². The fourth-order valence-electron chi connectivity index (χ4n) is 2.77. The van der Waals surface area contributed by atoms with Gasteiger partial charge in [-0.05, 0) is 13.3 Å². The van der Waals surface area contributed by atoms with Gasteiger partial charge in [0.05, 0.1) is 12.0 Å². The van der Waals surface area contributed by atoms with E-state index in [0.717, 1.165) is 30.3 Å². The third-order valence-corrected chi connectivity index (χ3v) is 4.04. The van der Waals surface area contributed by atoms with Crippen molar-refractivity contribution in [3.8, 4) is 0 Å². The number of nitrogens with zero attached hydrogens (tertiary/aromatic N) is 4. The number of likely N-dealkylation sites (tertiary alicyclic amines) is 1. The summed E-state index contributed by atoms with van der Waals surface area (Å²) in [6, 6.07) is 1.96. The van der Waals surface area contributed by atoms with Crippen LogP contribution in [0, 0.1) is 6.92 Å². The first kappa shape index (κ1) is 13.3. The Kier molecular flexibility index (Phi) is 3.33. The Bertz CT molecular complexity index is 528. The molecular weight excluding hydrogens is 256 g/mol. The lowest BCUT2D eigenvalue weighted by Crippen LogP contribution is -2.48. The molecule has 20 heavy (non-hydrogen) atoms. The second kappa shape index (κ2) is 5.01. The summed E-state index contributed by atoms with van der Waals surface area (Å²) in [4.78, 5) is 24.3. The van der Waals surface area contributed by atoms with Gasteiger partial charge in [-0.15, -0.1) is 0 Å². The van der Waals surface area contributed by atoms with Gasteiger partial charge in [-0.25, -0.2) is 9.97 Å². The third kappa shape index (κ3) is 2.47. The molecule has 0 bridgehead atoms. The van der Waals surface area contributed by atoms with Crippen molar-refractivity contribution in [1.82, 2.24) is 14.9 Å². The van der Waals surface area contributed by atoms with Crippen LogP contribution in [0.2, 0.25) is 0 Å². The number of aliphatic hydroxyl groups is 1. The van der Waals surface area contributed by atoms with Gasteiger partial charge in [0.2, 0.25) is 5.91 Å². The highest BCUT2D eigenvalue weighted by molar-refractivity contribution is 5.74. The summed E-state index contributed by atoms with van der Waals surface area (Å²) < 4.78 is 0. The van der Waals surface area contributed by atoms with Crippen LogP contribution in [0.1, 0.15) is 30.8 Å². The number of β-amino-alcohol motifs (C(OH)–C–C–N with tert-alkyl or cyclic N) is 1. The average molecular weight is 276 g/mol. The number of aryl methyl sites for hydroxylation is 1. The predicted molar refractivity (Wildman–Crippen MR) is 74.6 cm³/mol. The van der Waals surface area contributed by atoms with Crippen molar-refractivity contribution in [2.75, 3.05) is 31.1 Å². The molecule has 1 N–H and O–H groups in total. The van der Waals surface area contributed by atoms with Gasteiger partial charge in [0, 0.05) is 44.9 Å². The maximum atomic E-state index is 11.2. The molecule has 0 aromatic carbocycles. The zero-order valence-electron chi connectivity index (χ0n) is 11.9. The average Bonchev–Trinajstić information content (AvgIpc) is 2.72. The lowest BCUT2D eigenvalue weighted by atomic mass is 9.99. The minimum Gasteiger partial charge on any atom is -0.391 e. The summed E-state index contributed by atoms with van der Waals surface area (Å²) in [5, 5.41) is 9.63. The molecule has 108 valence electrons. The maximum absolute atomic E-state index is 11.2. The monoisotopic (exact) mass is 276 g/mol. The first-order valence-electron chi connectivity index (χ1n) is 7.07. The molecule has 0 aliphatic carbocycles. The normalized spacial score (nSPS) is 23.1. The van der Waals surface area contributed by atoms with Crippen molar-refractivity contribution in [2.45, 2.75) is 32.3 Å². The Labute approximate surface area is 118 Å². The molecule has 2 aliphatic heterocycles. The van der Waals surface area contributed by atoms with Crippen LogP contribution < -0.4 is 4.90 Å². The fourth-order valence-corrected chi connectivity index (χ4v) is 2.77. The van der Waals surface area contributed by atoms with E-state index in [4.69, 9.17) is 0 Å². The topological polar surface area (TPSA) is 69.6 Å². The quantitative estimate of drug-likeness (QED) is 0.841. The molecule has 1 atom stereocenters. The van der Waals surface area contributed by atoms with Crippen LogP contribution in [0.25, 0.3) is 0 Å². The smallest absolute Gasteiger partial charge is 0.219 e. The predicted octanol–water partition coefficient (Wildman–Crippen LogP) is 0.302. The lowest BCUT2D eigenvalue weighted by molar-refractivity contribution is -0.133. The van der Waals surface area contributed by atoms with Crippen molar-refractivity contribution in [3.05, 3.63) is 17.6 Å². The summed E-state index contributed by atoms with van der Waals surface area (Å²) in [7, 11) is 0. The van der Waals surface area contributed by atoms with Crippen molar-refractivity contribution in [2.24, 2.45) is 0 Å². The highest BCUT2D eigenvalue weighted by Gasteiger charge is 2.32. The molecule has 1 aromatic heterocycles. The van der Waals surface area contributed by atoms with Crippen molar-refractivity contribution in [1.29, 1.82) is 0 Å². The van der Waals surface area contributed by atoms with E-state index in [-0.39, 0.29) is 17.9 Å². The van der Waals surface area contributed by atoms with E-state index >= 15 is 0 Å². The van der Waals surface area contributed by atoms with Gasteiger partial charge in [-0.1, -0.05) is 0 Å². The number of anilines is 1. The Morgan fingerprint density at radius 1 is 1.35 bits per heavy atom. The van der Waals surface area contributed by atoms with E-state index in [1.54, 1.807) is 11.8 Å². The minimum atomic E-state index is -0.259. The van der Waals surface area contributed by atoms with E-state index in [9.17, 15) is 9.90 Å². The van der Waals surface area contributed by atoms with Gasteiger partial charge in [-0.3, -0.25) is 4.79 Å². The summed E-state index contributed by atoms with van der Waals surface area (Å²) in [6.45, 7) is 6.44. The second-order valence-electron chi connectivity index (χ2n) is 5.74. The number of hydrogen-bond donors (Lipinski definition) is 1. The largest absolute Gasteiger partial charge is 0.391 e. The zero-order valence-corrected chi connectivity index (χ0v) is 11.9. The lowest BCUT2D eigenvalue weighted by Gasteiger charge is -2.37. The highest BCUT2D eigenvalue weighted by Crippen LogP contribution is 2.27. The third-order valence-electron chi connectivity index (χ3n) is 4.04. The van der Waals surface area contributed by atoms with Gasteiger partial charge in [0.25, 0.3) is 0 Å². The number of amides is 1. The summed E-state index contributed by atoms with van der Waals surface area (Å²) >= 11 is 0. The fraction of sp³-hybridized carbons (Fsp3) is 0.643. The summed E-state index contributed by atoms with van der Waals surface area (Å²) in [5.41, 5.74) is 0.938. The van der Waals surface area contributed by atoms with Gasteiger partial charge in [0.15, 0.2) is 0 Å². The molecule has 1 amide bonds. The molecule has 6 heteroatoms. The van der Waals surface area contributed by atoms with Gasteiger partial charge < -0.3 is 14.9 Å². The van der Waals surface area contributed by atoms with Gasteiger partial charge >= 0.3 is 0 Å².